The van der Waals surface area contributed by atoms with Gasteiger partial charge in [-0.05, 0) is 25.1 Å². The van der Waals surface area contributed by atoms with E-state index in [1.807, 2.05) is 18.2 Å². The third-order valence-corrected chi connectivity index (χ3v) is 4.84. The third-order valence-electron chi connectivity index (χ3n) is 3.44. The number of nitrogens with zero attached hydrogens (tertiary/aromatic N) is 1. The maximum atomic E-state index is 13.7. The second kappa shape index (κ2) is 5.93. The monoisotopic (exact) mass is 293 g/mol. The van der Waals surface area contributed by atoms with Gasteiger partial charge in [0.15, 0.2) is 0 Å². The van der Waals surface area contributed by atoms with Gasteiger partial charge in [-0.1, -0.05) is 12.1 Å². The molecule has 1 aliphatic rings. The highest BCUT2D eigenvalue weighted by molar-refractivity contribution is 7.99. The van der Waals surface area contributed by atoms with Crippen LogP contribution in [0, 0.1) is 0 Å². The van der Waals surface area contributed by atoms with Crippen LogP contribution in [0.3, 0.4) is 0 Å². The van der Waals surface area contributed by atoms with Gasteiger partial charge in [-0.25, -0.2) is 9.37 Å². The van der Waals surface area contributed by atoms with E-state index >= 15 is 0 Å². The van der Waals surface area contributed by atoms with Crippen molar-refractivity contribution < 1.29 is 4.39 Å². The Morgan fingerprint density at radius 2 is 2.25 bits per heavy atom. The summed E-state index contributed by atoms with van der Waals surface area (Å²) in [6.45, 7) is 1.26. The lowest BCUT2D eigenvalue weighted by Gasteiger charge is -2.25. The van der Waals surface area contributed by atoms with Crippen molar-refractivity contribution in [2.75, 3.05) is 13.1 Å². The Bertz CT molecular complexity index is 660. The molecule has 0 spiro atoms. The number of aromatic amines is 1. The molecule has 0 unspecified atom stereocenters. The molecule has 2 aromatic rings. The molecule has 6 heteroatoms. The van der Waals surface area contributed by atoms with E-state index in [9.17, 15) is 9.18 Å². The van der Waals surface area contributed by atoms with Gasteiger partial charge >= 0.3 is 0 Å². The summed E-state index contributed by atoms with van der Waals surface area (Å²) in [5, 5.41) is 3.60. The van der Waals surface area contributed by atoms with Crippen molar-refractivity contribution in [3.05, 3.63) is 40.4 Å². The highest BCUT2D eigenvalue weighted by Gasteiger charge is 2.24. The van der Waals surface area contributed by atoms with Crippen LogP contribution in [0.5, 0.6) is 0 Å². The summed E-state index contributed by atoms with van der Waals surface area (Å²) < 4.78 is 13.7. The first-order valence-electron chi connectivity index (χ1n) is 6.68. The van der Waals surface area contributed by atoms with E-state index in [1.165, 1.54) is 11.8 Å². The van der Waals surface area contributed by atoms with Crippen molar-refractivity contribution >= 4 is 22.7 Å². The number of hydrogen-bond donors (Lipinski definition) is 2. The minimum Gasteiger partial charge on any atom is -0.314 e. The van der Waals surface area contributed by atoms with Crippen LogP contribution < -0.4 is 10.9 Å². The predicted octanol–water partition coefficient (Wildman–Crippen LogP) is 1.86. The molecule has 3 rings (SSSR count). The quantitative estimate of drug-likeness (QED) is 0.907. The van der Waals surface area contributed by atoms with E-state index in [0.717, 1.165) is 13.0 Å². The number of benzene rings is 1. The summed E-state index contributed by atoms with van der Waals surface area (Å²) >= 11 is 1.53. The molecule has 1 saturated heterocycles. The molecule has 1 aromatic carbocycles. The Kier molecular flexibility index (Phi) is 4.03. The molecule has 0 saturated carbocycles. The number of hydrogen-bond acceptors (Lipinski definition) is 4. The molecule has 1 fully saturated rings. The molecule has 2 heterocycles. The summed E-state index contributed by atoms with van der Waals surface area (Å²) in [6.07, 6.45) is -0.0233. The summed E-state index contributed by atoms with van der Waals surface area (Å²) in [5.74, 6) is 1.15. The van der Waals surface area contributed by atoms with Gasteiger partial charge in [-0.15, -0.1) is 11.8 Å². The molecule has 4 nitrogen and oxygen atoms in total. The van der Waals surface area contributed by atoms with Gasteiger partial charge in [0.05, 0.1) is 16.7 Å². The van der Waals surface area contributed by atoms with Crippen molar-refractivity contribution in [1.29, 1.82) is 0 Å². The molecule has 2 N–H and O–H groups in total. The first kappa shape index (κ1) is 13.6. The summed E-state index contributed by atoms with van der Waals surface area (Å²) in [5.41, 5.74) is 0.558. The SMILES string of the molecule is O=c1[nH]c(CS[C@H]2CCNC[C@@H]2F)nc2ccccc12. The molecule has 0 radical (unpaired) electrons. The van der Waals surface area contributed by atoms with Gasteiger partial charge < -0.3 is 10.3 Å². The van der Waals surface area contributed by atoms with Crippen molar-refractivity contribution in [1.82, 2.24) is 15.3 Å². The standard InChI is InChI=1S/C14H16FN3OS/c15-10-7-16-6-5-12(10)20-8-13-17-11-4-2-1-3-9(11)14(19)18-13/h1-4,10,12,16H,5-8H2,(H,17,18,19)/t10-,12-/m0/s1. The minimum absolute atomic E-state index is 0.0203. The zero-order chi connectivity index (χ0) is 13.9. The van der Waals surface area contributed by atoms with Crippen LogP contribution in [0.15, 0.2) is 29.1 Å². The van der Waals surface area contributed by atoms with E-state index < -0.39 is 6.17 Å². The fourth-order valence-corrected chi connectivity index (χ4v) is 3.47. The Morgan fingerprint density at radius 3 is 3.10 bits per heavy atom. The van der Waals surface area contributed by atoms with Crippen molar-refractivity contribution in [3.63, 3.8) is 0 Å². The minimum atomic E-state index is -0.832. The first-order valence-corrected chi connectivity index (χ1v) is 7.73. The van der Waals surface area contributed by atoms with Crippen LogP contribution in [-0.2, 0) is 5.75 Å². The number of piperidine rings is 1. The van der Waals surface area contributed by atoms with Crippen LogP contribution >= 0.6 is 11.8 Å². The number of para-hydroxylation sites is 1. The molecular weight excluding hydrogens is 277 g/mol. The number of rotatable bonds is 3. The number of aromatic nitrogens is 2. The third kappa shape index (κ3) is 2.86. The average Bonchev–Trinajstić information content (AvgIpc) is 2.46. The lowest BCUT2D eigenvalue weighted by Crippen LogP contribution is -2.39. The van der Waals surface area contributed by atoms with Crippen LogP contribution in [0.25, 0.3) is 10.9 Å². The topological polar surface area (TPSA) is 57.8 Å². The normalized spacial score (nSPS) is 23.1. The first-order chi connectivity index (χ1) is 9.74. The average molecular weight is 293 g/mol. The smallest absolute Gasteiger partial charge is 0.258 e. The summed E-state index contributed by atoms with van der Waals surface area (Å²) in [6, 6.07) is 7.25. The van der Waals surface area contributed by atoms with E-state index in [0.29, 0.717) is 29.0 Å². The van der Waals surface area contributed by atoms with Crippen molar-refractivity contribution in [2.45, 2.75) is 23.6 Å². The van der Waals surface area contributed by atoms with E-state index in [2.05, 4.69) is 15.3 Å². The molecule has 1 aliphatic heterocycles. The lowest BCUT2D eigenvalue weighted by molar-refractivity contribution is 0.275. The number of alkyl halides is 1. The predicted molar refractivity (Wildman–Crippen MR) is 79.8 cm³/mol. The maximum Gasteiger partial charge on any atom is 0.258 e. The molecule has 0 aliphatic carbocycles. The number of thioether (sulfide) groups is 1. The molecule has 0 amide bonds. The Morgan fingerprint density at radius 1 is 1.40 bits per heavy atom. The summed E-state index contributed by atoms with van der Waals surface area (Å²) in [4.78, 5) is 19.1. The van der Waals surface area contributed by atoms with Crippen LogP contribution in [-0.4, -0.2) is 34.5 Å². The summed E-state index contributed by atoms with van der Waals surface area (Å²) in [7, 11) is 0. The second-order valence-electron chi connectivity index (χ2n) is 4.89. The van der Waals surface area contributed by atoms with Crippen LogP contribution in [0.4, 0.5) is 4.39 Å². The Labute approximate surface area is 120 Å². The lowest BCUT2D eigenvalue weighted by atomic mass is 10.1. The Hall–Kier alpha value is -1.40. The van der Waals surface area contributed by atoms with Crippen LogP contribution in [0.1, 0.15) is 12.2 Å². The van der Waals surface area contributed by atoms with Gasteiger partial charge in [0.25, 0.3) is 5.56 Å². The Balaban J connectivity index is 1.76. The van der Waals surface area contributed by atoms with E-state index in [1.54, 1.807) is 6.07 Å². The van der Waals surface area contributed by atoms with Gasteiger partial charge in [0, 0.05) is 11.8 Å². The van der Waals surface area contributed by atoms with Gasteiger partial charge in [0.2, 0.25) is 0 Å². The molecule has 20 heavy (non-hydrogen) atoms. The molecule has 2 atom stereocenters. The van der Waals surface area contributed by atoms with E-state index in [4.69, 9.17) is 0 Å². The molecule has 1 aromatic heterocycles. The second-order valence-corrected chi connectivity index (χ2v) is 6.12. The number of H-pyrrole nitrogens is 1. The zero-order valence-corrected chi connectivity index (χ0v) is 11.8. The number of fused-ring (bicyclic) bond motifs is 1. The number of nitrogens with one attached hydrogen (secondary N) is 2. The fourth-order valence-electron chi connectivity index (χ4n) is 2.37. The van der Waals surface area contributed by atoms with Crippen molar-refractivity contribution in [2.24, 2.45) is 0 Å². The largest absolute Gasteiger partial charge is 0.314 e. The number of halogens is 1. The highest BCUT2D eigenvalue weighted by Crippen LogP contribution is 2.25. The zero-order valence-electron chi connectivity index (χ0n) is 10.9. The van der Waals surface area contributed by atoms with E-state index in [-0.39, 0.29) is 10.8 Å². The fraction of sp³-hybridized carbons (Fsp3) is 0.429. The van der Waals surface area contributed by atoms with Gasteiger partial charge in [-0.2, -0.15) is 0 Å². The van der Waals surface area contributed by atoms with Gasteiger partial charge in [-0.3, -0.25) is 4.79 Å². The molecule has 0 bridgehead atoms. The highest BCUT2D eigenvalue weighted by atomic mass is 32.2. The molecular formula is C14H16FN3OS. The van der Waals surface area contributed by atoms with Crippen molar-refractivity contribution in [3.8, 4) is 0 Å². The van der Waals surface area contributed by atoms with Crippen LogP contribution in [0.2, 0.25) is 0 Å². The van der Waals surface area contributed by atoms with Gasteiger partial charge in [0.1, 0.15) is 12.0 Å². The maximum absolute atomic E-state index is 13.7. The molecule has 106 valence electrons.